The quantitative estimate of drug-likeness (QED) is 0.862. The second-order valence-electron chi connectivity index (χ2n) is 5.64. The molecule has 3 heteroatoms. The molecule has 0 aromatic heterocycles. The molecule has 2 atom stereocenters. The molecule has 0 bridgehead atoms. The lowest BCUT2D eigenvalue weighted by Gasteiger charge is -2.41. The van der Waals surface area contributed by atoms with Crippen molar-refractivity contribution in [3.05, 3.63) is 29.8 Å². The average Bonchev–Trinajstić information content (AvgIpc) is 2.39. The van der Waals surface area contributed by atoms with E-state index in [0.717, 1.165) is 31.4 Å². The van der Waals surface area contributed by atoms with E-state index in [9.17, 15) is 5.11 Å². The van der Waals surface area contributed by atoms with Gasteiger partial charge in [-0.25, -0.2) is 0 Å². The number of nitrogens with zero attached hydrogens (tertiary/aromatic N) is 1. The first-order chi connectivity index (χ1) is 9.08. The summed E-state index contributed by atoms with van der Waals surface area (Å²) in [5.74, 6) is 0.527. The summed E-state index contributed by atoms with van der Waals surface area (Å²) < 4.78 is 7.63. The van der Waals surface area contributed by atoms with Crippen molar-refractivity contribution >= 4 is 0 Å². The zero-order valence-corrected chi connectivity index (χ0v) is 11.2. The zero-order chi connectivity index (χ0) is 13.9. The van der Waals surface area contributed by atoms with Crippen LogP contribution in [0.3, 0.4) is 0 Å². The number of aliphatic hydroxyl groups is 1. The van der Waals surface area contributed by atoms with Gasteiger partial charge in [0.05, 0.1) is 5.60 Å². The molecule has 1 aromatic carbocycles. The SMILES string of the molecule is [2H]O[C@@]1(c2cccc(O)c2)CCCC[C@H]1CN(C)C. The van der Waals surface area contributed by atoms with E-state index in [-0.39, 0.29) is 11.7 Å². The molecule has 18 heavy (non-hydrogen) atoms. The molecular weight excluding hydrogens is 226 g/mol. The number of phenols is 1. The van der Waals surface area contributed by atoms with E-state index in [1.54, 1.807) is 12.1 Å². The van der Waals surface area contributed by atoms with Crippen LogP contribution in [0.25, 0.3) is 0 Å². The molecule has 1 aliphatic rings. The highest BCUT2D eigenvalue weighted by molar-refractivity contribution is 5.32. The van der Waals surface area contributed by atoms with Gasteiger partial charge < -0.3 is 15.1 Å². The van der Waals surface area contributed by atoms with Crippen LogP contribution in [-0.2, 0) is 5.60 Å². The predicted molar refractivity (Wildman–Crippen MR) is 72.5 cm³/mol. The minimum Gasteiger partial charge on any atom is -0.508 e. The lowest BCUT2D eigenvalue weighted by molar-refractivity contribution is -0.0619. The minimum atomic E-state index is -0.582. The molecule has 3 nitrogen and oxygen atoms in total. The maximum absolute atomic E-state index is 9.69. The number of benzene rings is 1. The van der Waals surface area contributed by atoms with E-state index in [0.29, 0.717) is 0 Å². The first-order valence-electron chi connectivity index (χ1n) is 7.08. The fraction of sp³-hybridized carbons (Fsp3) is 0.600. The first kappa shape index (κ1) is 12.0. The van der Waals surface area contributed by atoms with Crippen LogP contribution in [0, 0.1) is 5.92 Å². The van der Waals surface area contributed by atoms with E-state index in [1.807, 2.05) is 26.2 Å². The van der Waals surface area contributed by atoms with Gasteiger partial charge in [0.25, 0.3) is 0 Å². The van der Waals surface area contributed by atoms with Gasteiger partial charge in [-0.2, -0.15) is 0 Å². The van der Waals surface area contributed by atoms with E-state index in [2.05, 4.69) is 4.90 Å². The maximum Gasteiger partial charge on any atom is 0.211 e. The van der Waals surface area contributed by atoms with Crippen molar-refractivity contribution in [1.29, 1.82) is 1.43 Å². The predicted octanol–water partition coefficient (Wildman–Crippen LogP) is 2.33. The molecule has 0 amide bonds. The number of hydrogen-bond acceptors (Lipinski definition) is 3. The Bertz CT molecular complexity index is 424. The van der Waals surface area contributed by atoms with Crippen LogP contribution < -0.4 is 0 Å². The number of hydrogen-bond donors (Lipinski definition) is 2. The van der Waals surface area contributed by atoms with Gasteiger partial charge in [0.15, 0.2) is 0 Å². The van der Waals surface area contributed by atoms with Gasteiger partial charge in [-0.05, 0) is 44.6 Å². The summed E-state index contributed by atoms with van der Waals surface area (Å²) in [7, 11) is 4.09. The largest absolute Gasteiger partial charge is 0.508 e. The van der Waals surface area contributed by atoms with E-state index >= 15 is 0 Å². The maximum atomic E-state index is 9.69. The van der Waals surface area contributed by atoms with Crippen molar-refractivity contribution in [2.45, 2.75) is 31.3 Å². The third kappa shape index (κ3) is 2.68. The summed E-state index contributed by atoms with van der Waals surface area (Å²) in [6, 6.07) is 7.18. The van der Waals surface area contributed by atoms with Crippen LogP contribution in [0.4, 0.5) is 0 Å². The first-order valence-corrected chi connectivity index (χ1v) is 6.67. The highest BCUT2D eigenvalue weighted by atomic mass is 16.3. The van der Waals surface area contributed by atoms with Crippen molar-refractivity contribution in [3.63, 3.8) is 0 Å². The van der Waals surface area contributed by atoms with Gasteiger partial charge in [-0.1, -0.05) is 25.0 Å². The Morgan fingerprint density at radius 2 is 2.28 bits per heavy atom. The third-order valence-electron chi connectivity index (χ3n) is 3.93. The lowest BCUT2D eigenvalue weighted by atomic mass is 9.71. The molecule has 1 saturated carbocycles. The Labute approximate surface area is 111 Å². The van der Waals surface area contributed by atoms with Crippen molar-refractivity contribution in [2.75, 3.05) is 20.6 Å². The van der Waals surface area contributed by atoms with Gasteiger partial charge >= 0.3 is 0 Å². The summed E-state index contributed by atoms with van der Waals surface area (Å²) in [5.41, 5.74) is 0.343. The van der Waals surface area contributed by atoms with Crippen molar-refractivity contribution in [1.82, 2.24) is 4.90 Å². The third-order valence-corrected chi connectivity index (χ3v) is 3.93. The summed E-state index contributed by atoms with van der Waals surface area (Å²) in [4.78, 5) is 2.15. The Morgan fingerprint density at radius 3 is 2.94 bits per heavy atom. The Balaban J connectivity index is 2.37. The molecule has 2 rings (SSSR count). The molecule has 0 spiro atoms. The summed E-state index contributed by atoms with van der Waals surface area (Å²) >= 11 is 0. The van der Waals surface area contributed by atoms with Crippen molar-refractivity contribution in [3.8, 4) is 5.75 Å². The molecule has 2 N–H and O–H groups in total. The molecule has 1 aliphatic carbocycles. The Morgan fingerprint density at radius 1 is 1.44 bits per heavy atom. The molecule has 0 heterocycles. The molecular formula is C15H23NO2. The number of phenolic OH excluding ortho intramolecular Hbond substituents is 1. The molecule has 0 aliphatic heterocycles. The summed E-state index contributed by atoms with van der Waals surface area (Å²) in [6.45, 7) is 0.897. The highest BCUT2D eigenvalue weighted by Gasteiger charge is 2.40. The number of rotatable bonds is 4. The topological polar surface area (TPSA) is 43.7 Å². The standard InChI is InChI=1S/C15H23NO2/c1-16(2)11-13-6-3-4-9-15(13,18)12-7-5-8-14(17)10-12/h5,7-8,10,13,17-18H,3-4,6,9,11H2,1-2H3/t13-,15+/m0/s1/i18D. The monoisotopic (exact) mass is 250 g/mol. The second kappa shape index (κ2) is 5.29. The normalized spacial score (nSPS) is 29.3. The molecule has 0 saturated heterocycles. The number of aromatic hydroxyl groups is 1. The minimum absolute atomic E-state index is 0.239. The van der Waals surface area contributed by atoms with Crippen LogP contribution in [0.1, 0.15) is 31.2 Å². The van der Waals surface area contributed by atoms with Gasteiger partial charge in [-0.15, -0.1) is 0 Å². The smallest absolute Gasteiger partial charge is 0.211 e. The zero-order valence-electron chi connectivity index (χ0n) is 12.2. The molecule has 1 fully saturated rings. The molecule has 1 aromatic rings. The van der Waals surface area contributed by atoms with Crippen LogP contribution in [0.2, 0.25) is 0 Å². The van der Waals surface area contributed by atoms with Crippen LogP contribution in [0.5, 0.6) is 5.75 Å². The second-order valence-corrected chi connectivity index (χ2v) is 5.64. The lowest BCUT2D eigenvalue weighted by Crippen LogP contribution is -2.43. The fourth-order valence-corrected chi connectivity index (χ4v) is 3.04. The summed E-state index contributed by atoms with van der Waals surface area (Å²) in [6.07, 6.45) is 4.16. The van der Waals surface area contributed by atoms with Crippen molar-refractivity contribution < 1.29 is 10.2 Å². The van der Waals surface area contributed by atoms with E-state index in [4.69, 9.17) is 6.54 Å². The molecule has 0 radical (unpaired) electrons. The van der Waals surface area contributed by atoms with Gasteiger partial charge in [0.2, 0.25) is 1.43 Å². The van der Waals surface area contributed by atoms with E-state index in [1.165, 1.54) is 6.42 Å². The van der Waals surface area contributed by atoms with Crippen LogP contribution in [0.15, 0.2) is 24.3 Å². The Hall–Kier alpha value is -1.06. The highest BCUT2D eigenvalue weighted by Crippen LogP contribution is 2.42. The van der Waals surface area contributed by atoms with E-state index < -0.39 is 5.60 Å². The molecule has 100 valence electrons. The van der Waals surface area contributed by atoms with Gasteiger partial charge in [-0.3, -0.25) is 0 Å². The van der Waals surface area contributed by atoms with Crippen LogP contribution >= 0.6 is 0 Å². The van der Waals surface area contributed by atoms with Crippen LogP contribution in [-0.4, -0.2) is 37.2 Å². The summed E-state index contributed by atoms with van der Waals surface area (Å²) in [5, 5.41) is 14.9. The average molecular weight is 250 g/mol. The van der Waals surface area contributed by atoms with Crippen molar-refractivity contribution in [2.24, 2.45) is 5.92 Å². The fourth-order valence-electron chi connectivity index (χ4n) is 3.04. The van der Waals surface area contributed by atoms with Gasteiger partial charge in [0, 0.05) is 12.5 Å². The molecule has 0 unspecified atom stereocenters. The Kier molecular flexibility index (Phi) is 3.52. The van der Waals surface area contributed by atoms with Gasteiger partial charge in [0.1, 0.15) is 5.75 Å².